The molecule has 8 heteroatoms. The number of thioether (sulfide) groups is 1. The highest BCUT2D eigenvalue weighted by Gasteiger charge is 2.33. The van der Waals surface area contributed by atoms with Gasteiger partial charge in [-0.3, -0.25) is 14.3 Å². The van der Waals surface area contributed by atoms with Crippen molar-refractivity contribution in [3.05, 3.63) is 51.5 Å². The SMILES string of the molecule is COCC1Cn2c(ncc(C#N)c2=O)SC1c1cnc(C(C)(C)C)c(F)c1. The van der Waals surface area contributed by atoms with Crippen molar-refractivity contribution in [3.8, 4) is 6.07 Å². The summed E-state index contributed by atoms with van der Waals surface area (Å²) in [7, 11) is 1.59. The van der Waals surface area contributed by atoms with Gasteiger partial charge in [0.15, 0.2) is 5.16 Å². The number of hydrogen-bond acceptors (Lipinski definition) is 6. The van der Waals surface area contributed by atoms with Crippen LogP contribution in [0.15, 0.2) is 28.4 Å². The molecule has 3 rings (SSSR count). The first-order chi connectivity index (χ1) is 12.8. The maximum absolute atomic E-state index is 14.7. The number of nitriles is 1. The van der Waals surface area contributed by atoms with E-state index in [0.29, 0.717) is 24.0 Å². The number of fused-ring (bicyclic) bond motifs is 1. The first kappa shape index (κ1) is 19.5. The number of halogens is 1. The molecule has 142 valence electrons. The third kappa shape index (κ3) is 3.75. The minimum absolute atomic E-state index is 0.0104. The van der Waals surface area contributed by atoms with E-state index in [1.165, 1.54) is 28.6 Å². The quantitative estimate of drug-likeness (QED) is 0.752. The van der Waals surface area contributed by atoms with E-state index in [1.54, 1.807) is 13.3 Å². The van der Waals surface area contributed by atoms with Crippen molar-refractivity contribution in [1.82, 2.24) is 14.5 Å². The summed E-state index contributed by atoms with van der Waals surface area (Å²) in [5, 5.41) is 9.42. The molecule has 0 aromatic carbocycles. The van der Waals surface area contributed by atoms with Crippen molar-refractivity contribution >= 4 is 11.8 Å². The first-order valence-electron chi connectivity index (χ1n) is 8.57. The molecular formula is C19H21FN4O2S. The molecule has 27 heavy (non-hydrogen) atoms. The zero-order valence-electron chi connectivity index (χ0n) is 15.7. The van der Waals surface area contributed by atoms with Crippen LogP contribution in [0.1, 0.15) is 42.8 Å². The van der Waals surface area contributed by atoms with Gasteiger partial charge in [0, 0.05) is 36.4 Å². The Morgan fingerprint density at radius 1 is 1.41 bits per heavy atom. The molecule has 3 heterocycles. The maximum atomic E-state index is 14.7. The van der Waals surface area contributed by atoms with E-state index in [-0.39, 0.29) is 33.5 Å². The van der Waals surface area contributed by atoms with Crippen LogP contribution >= 0.6 is 11.8 Å². The molecule has 0 spiro atoms. The molecule has 0 bridgehead atoms. The molecule has 0 fully saturated rings. The minimum Gasteiger partial charge on any atom is -0.384 e. The summed E-state index contributed by atoms with van der Waals surface area (Å²) in [6.07, 6.45) is 2.98. The molecular weight excluding hydrogens is 367 g/mol. The molecule has 0 N–H and O–H groups in total. The van der Waals surface area contributed by atoms with Crippen LogP contribution in [0.4, 0.5) is 4.39 Å². The number of aromatic nitrogens is 3. The third-order valence-corrected chi connectivity index (χ3v) is 5.94. The van der Waals surface area contributed by atoms with Crippen LogP contribution in [0.5, 0.6) is 0 Å². The lowest BCUT2D eigenvalue weighted by atomic mass is 9.90. The summed E-state index contributed by atoms with van der Waals surface area (Å²) >= 11 is 1.37. The zero-order valence-corrected chi connectivity index (χ0v) is 16.5. The Morgan fingerprint density at radius 2 is 2.15 bits per heavy atom. The van der Waals surface area contributed by atoms with Gasteiger partial charge >= 0.3 is 0 Å². The van der Waals surface area contributed by atoms with Crippen LogP contribution in [-0.2, 0) is 16.7 Å². The van der Waals surface area contributed by atoms with Crippen LogP contribution in [0.2, 0.25) is 0 Å². The first-order valence-corrected chi connectivity index (χ1v) is 9.45. The topological polar surface area (TPSA) is 80.8 Å². The van der Waals surface area contributed by atoms with Gasteiger partial charge < -0.3 is 4.74 Å². The molecule has 1 aliphatic rings. The standard InChI is InChI=1S/C19H21FN4O2S/c1-19(2,3)16-14(20)5-11(7-22-16)15-13(10-26-4)9-24-17(25)12(6-21)8-23-18(24)27-15/h5,7-8,13,15H,9-10H2,1-4H3. The van der Waals surface area contributed by atoms with Crippen molar-refractivity contribution in [2.45, 2.75) is 43.1 Å². The monoisotopic (exact) mass is 388 g/mol. The Balaban J connectivity index is 2.03. The fraction of sp³-hybridized carbons (Fsp3) is 0.474. The Morgan fingerprint density at radius 3 is 2.74 bits per heavy atom. The number of hydrogen-bond donors (Lipinski definition) is 0. The molecule has 0 saturated heterocycles. The summed E-state index contributed by atoms with van der Waals surface area (Å²) in [5.41, 5.74) is 0.419. The second kappa shape index (κ2) is 7.41. The lowest BCUT2D eigenvalue weighted by Crippen LogP contribution is -2.35. The van der Waals surface area contributed by atoms with Crippen molar-refractivity contribution in [2.75, 3.05) is 13.7 Å². The number of nitrogens with zero attached hydrogens (tertiary/aromatic N) is 4. The largest absolute Gasteiger partial charge is 0.384 e. The average molecular weight is 388 g/mol. The summed E-state index contributed by atoms with van der Waals surface area (Å²) < 4.78 is 21.5. The van der Waals surface area contributed by atoms with Crippen molar-refractivity contribution < 1.29 is 9.13 Å². The van der Waals surface area contributed by atoms with E-state index in [9.17, 15) is 9.18 Å². The highest BCUT2D eigenvalue weighted by molar-refractivity contribution is 7.99. The van der Waals surface area contributed by atoms with E-state index < -0.39 is 0 Å². The maximum Gasteiger partial charge on any atom is 0.272 e. The lowest BCUT2D eigenvalue weighted by molar-refractivity contribution is 0.136. The van der Waals surface area contributed by atoms with Crippen molar-refractivity contribution in [2.24, 2.45) is 5.92 Å². The van der Waals surface area contributed by atoms with E-state index in [2.05, 4.69) is 9.97 Å². The van der Waals surface area contributed by atoms with Crippen molar-refractivity contribution in [3.63, 3.8) is 0 Å². The summed E-state index contributed by atoms with van der Waals surface area (Å²) in [6, 6.07) is 3.39. The second-order valence-corrected chi connectivity index (χ2v) is 8.69. The zero-order chi connectivity index (χ0) is 19.8. The second-order valence-electron chi connectivity index (χ2n) is 7.58. The van der Waals surface area contributed by atoms with Gasteiger partial charge in [0.2, 0.25) is 0 Å². The Bertz CT molecular complexity index is 962. The van der Waals surface area contributed by atoms with Crippen LogP contribution in [0.3, 0.4) is 0 Å². The van der Waals surface area contributed by atoms with E-state index in [0.717, 1.165) is 5.56 Å². The molecule has 1 aliphatic heterocycles. The number of methoxy groups -OCH3 is 1. The predicted molar refractivity (Wildman–Crippen MR) is 100 cm³/mol. The van der Waals surface area contributed by atoms with Gasteiger partial charge in [0.1, 0.15) is 17.4 Å². The van der Waals surface area contributed by atoms with Gasteiger partial charge in [-0.05, 0) is 11.6 Å². The number of pyridine rings is 1. The van der Waals surface area contributed by atoms with Gasteiger partial charge in [0.25, 0.3) is 5.56 Å². The molecule has 2 aromatic heterocycles. The molecule has 2 unspecified atom stereocenters. The van der Waals surface area contributed by atoms with Crippen LogP contribution in [0, 0.1) is 23.1 Å². The van der Waals surface area contributed by atoms with E-state index in [1.807, 2.05) is 26.8 Å². The fourth-order valence-electron chi connectivity index (χ4n) is 3.20. The smallest absolute Gasteiger partial charge is 0.272 e. The van der Waals surface area contributed by atoms with Gasteiger partial charge in [-0.15, -0.1) is 0 Å². The highest BCUT2D eigenvalue weighted by atomic mass is 32.2. The molecule has 2 aromatic rings. The van der Waals surface area contributed by atoms with Gasteiger partial charge in [-0.1, -0.05) is 32.5 Å². The van der Waals surface area contributed by atoms with Crippen LogP contribution < -0.4 is 5.56 Å². The average Bonchev–Trinajstić information content (AvgIpc) is 2.61. The summed E-state index contributed by atoms with van der Waals surface area (Å²) in [4.78, 5) is 21.0. The van der Waals surface area contributed by atoms with Gasteiger partial charge in [-0.25, -0.2) is 9.37 Å². The van der Waals surface area contributed by atoms with Gasteiger partial charge in [-0.2, -0.15) is 5.26 Å². The summed E-state index contributed by atoms with van der Waals surface area (Å²) in [5.74, 6) is -0.421. The van der Waals surface area contributed by atoms with Crippen LogP contribution in [-0.4, -0.2) is 28.3 Å². The van der Waals surface area contributed by atoms with Crippen molar-refractivity contribution in [1.29, 1.82) is 5.26 Å². The Kier molecular flexibility index (Phi) is 5.36. The Hall–Kier alpha value is -2.24. The summed E-state index contributed by atoms with van der Waals surface area (Å²) in [6.45, 7) is 6.50. The lowest BCUT2D eigenvalue weighted by Gasteiger charge is -2.32. The van der Waals surface area contributed by atoms with E-state index >= 15 is 0 Å². The molecule has 2 atom stereocenters. The Labute approximate surface area is 161 Å². The molecule has 0 amide bonds. The number of rotatable bonds is 3. The normalized spacial score (nSPS) is 19.4. The molecule has 6 nitrogen and oxygen atoms in total. The minimum atomic E-state index is -0.386. The predicted octanol–water partition coefficient (Wildman–Crippen LogP) is 3.06. The fourth-order valence-corrected chi connectivity index (χ4v) is 4.45. The van der Waals surface area contributed by atoms with E-state index in [4.69, 9.17) is 10.00 Å². The van der Waals surface area contributed by atoms with Gasteiger partial charge in [0.05, 0.1) is 18.5 Å². The van der Waals surface area contributed by atoms with Crippen LogP contribution in [0.25, 0.3) is 0 Å². The molecule has 0 radical (unpaired) electrons. The molecule has 0 aliphatic carbocycles. The highest BCUT2D eigenvalue weighted by Crippen LogP contribution is 2.44. The number of ether oxygens (including phenoxy) is 1. The third-order valence-electron chi connectivity index (χ3n) is 4.49. The molecule has 0 saturated carbocycles.